The van der Waals surface area contributed by atoms with E-state index in [0.29, 0.717) is 19.1 Å². The van der Waals surface area contributed by atoms with Gasteiger partial charge in [-0.15, -0.1) is 0 Å². The molecule has 0 saturated carbocycles. The summed E-state index contributed by atoms with van der Waals surface area (Å²) in [6, 6.07) is 17.4. The molecule has 0 atom stereocenters. The van der Waals surface area contributed by atoms with Gasteiger partial charge in [-0.2, -0.15) is 4.98 Å². The van der Waals surface area contributed by atoms with E-state index in [4.69, 9.17) is 9.47 Å². The summed E-state index contributed by atoms with van der Waals surface area (Å²) in [6.07, 6.45) is 1.72. The van der Waals surface area contributed by atoms with Crippen LogP contribution in [-0.4, -0.2) is 30.2 Å². The van der Waals surface area contributed by atoms with Crippen LogP contribution in [0.25, 0.3) is 0 Å². The lowest BCUT2D eigenvalue weighted by Crippen LogP contribution is -2.13. The summed E-state index contributed by atoms with van der Waals surface area (Å²) < 4.78 is 10.8. The zero-order valence-corrected chi connectivity index (χ0v) is 14.9. The van der Waals surface area contributed by atoms with Crippen LogP contribution in [0.4, 0.5) is 17.5 Å². The molecule has 6 nitrogen and oxygen atoms in total. The molecule has 134 valence electrons. The summed E-state index contributed by atoms with van der Waals surface area (Å²) in [6.45, 7) is 3.16. The molecule has 0 unspecified atom stereocenters. The van der Waals surface area contributed by atoms with Gasteiger partial charge in [0, 0.05) is 11.9 Å². The van der Waals surface area contributed by atoms with Crippen LogP contribution in [0.3, 0.4) is 0 Å². The van der Waals surface area contributed by atoms with E-state index in [1.54, 1.807) is 13.3 Å². The number of ether oxygens (including phenoxy) is 2. The first-order valence-corrected chi connectivity index (χ1v) is 8.41. The molecule has 2 N–H and O–H groups in total. The lowest BCUT2D eigenvalue weighted by Gasteiger charge is -2.11. The summed E-state index contributed by atoms with van der Waals surface area (Å²) in [5.41, 5.74) is 2.19. The molecule has 2 aromatic carbocycles. The molecule has 0 amide bonds. The molecule has 0 bridgehead atoms. The maximum absolute atomic E-state index is 5.68. The number of nitrogens with zero attached hydrogens (tertiary/aromatic N) is 2. The largest absolute Gasteiger partial charge is 0.497 e. The Morgan fingerprint density at radius 3 is 2.50 bits per heavy atom. The Labute approximate surface area is 153 Å². The van der Waals surface area contributed by atoms with E-state index in [2.05, 4.69) is 33.6 Å². The van der Waals surface area contributed by atoms with Gasteiger partial charge in [-0.3, -0.25) is 0 Å². The van der Waals surface area contributed by atoms with Crippen molar-refractivity contribution < 1.29 is 9.47 Å². The van der Waals surface area contributed by atoms with Gasteiger partial charge in [0.25, 0.3) is 0 Å². The zero-order valence-electron chi connectivity index (χ0n) is 14.9. The van der Waals surface area contributed by atoms with E-state index in [1.807, 2.05) is 48.5 Å². The molecule has 1 aromatic heterocycles. The fraction of sp³-hybridized carbons (Fsp3) is 0.200. The van der Waals surface area contributed by atoms with E-state index in [0.717, 1.165) is 28.6 Å². The molecule has 6 heteroatoms. The number of rotatable bonds is 8. The summed E-state index contributed by atoms with van der Waals surface area (Å²) in [7, 11) is 1.64. The molecule has 0 spiro atoms. The minimum absolute atomic E-state index is 0.505. The van der Waals surface area contributed by atoms with Crippen molar-refractivity contribution in [1.29, 1.82) is 0 Å². The second-order valence-electron chi connectivity index (χ2n) is 5.66. The predicted molar refractivity (Wildman–Crippen MR) is 103 cm³/mol. The highest BCUT2D eigenvalue weighted by atomic mass is 16.5. The number of aromatic nitrogens is 2. The summed E-state index contributed by atoms with van der Waals surface area (Å²) in [5.74, 6) is 2.90. The first kappa shape index (κ1) is 17.5. The highest BCUT2D eigenvalue weighted by Gasteiger charge is 2.02. The van der Waals surface area contributed by atoms with E-state index in [-0.39, 0.29) is 0 Å². The standard InChI is InChI=1S/C20H22N4O2/c1-15-5-3-4-6-18(15)23-19-11-12-21-20(24-19)22-13-14-26-17-9-7-16(25-2)8-10-17/h3-12H,13-14H2,1-2H3,(H2,21,22,23,24). The lowest BCUT2D eigenvalue weighted by molar-refractivity contribution is 0.331. The molecule has 26 heavy (non-hydrogen) atoms. The summed E-state index contributed by atoms with van der Waals surface area (Å²) in [5, 5.41) is 6.47. The van der Waals surface area contributed by atoms with Gasteiger partial charge < -0.3 is 20.1 Å². The first-order valence-electron chi connectivity index (χ1n) is 8.41. The van der Waals surface area contributed by atoms with Crippen LogP contribution in [0.1, 0.15) is 5.56 Å². The number of nitrogens with one attached hydrogen (secondary N) is 2. The van der Waals surface area contributed by atoms with E-state index in [9.17, 15) is 0 Å². The van der Waals surface area contributed by atoms with Gasteiger partial charge in [0.05, 0.1) is 13.7 Å². The second-order valence-corrected chi connectivity index (χ2v) is 5.66. The van der Waals surface area contributed by atoms with Crippen LogP contribution in [0.5, 0.6) is 11.5 Å². The maximum Gasteiger partial charge on any atom is 0.224 e. The van der Waals surface area contributed by atoms with Crippen LogP contribution in [0.15, 0.2) is 60.8 Å². The second kappa shape index (κ2) is 8.71. The van der Waals surface area contributed by atoms with Gasteiger partial charge in [-0.1, -0.05) is 18.2 Å². The van der Waals surface area contributed by atoms with E-state index < -0.39 is 0 Å². The molecule has 1 heterocycles. The molecule has 3 aromatic rings. The quantitative estimate of drug-likeness (QED) is 0.598. The van der Waals surface area contributed by atoms with Gasteiger partial charge >= 0.3 is 0 Å². The minimum atomic E-state index is 0.505. The van der Waals surface area contributed by atoms with Crippen LogP contribution < -0.4 is 20.1 Å². The zero-order chi connectivity index (χ0) is 18.2. The summed E-state index contributed by atoms with van der Waals surface area (Å²) >= 11 is 0. The third-order valence-electron chi connectivity index (χ3n) is 3.78. The average molecular weight is 350 g/mol. The highest BCUT2D eigenvalue weighted by Crippen LogP contribution is 2.19. The van der Waals surface area contributed by atoms with Gasteiger partial charge in [-0.25, -0.2) is 4.98 Å². The predicted octanol–water partition coefficient (Wildman–Crippen LogP) is 4.03. The number of anilines is 3. The molecule has 0 saturated heterocycles. The third kappa shape index (κ3) is 4.86. The number of aryl methyl sites for hydroxylation is 1. The number of hydrogen-bond acceptors (Lipinski definition) is 6. The molecule has 0 radical (unpaired) electrons. The molecule has 0 aliphatic carbocycles. The Hall–Kier alpha value is -3.28. The Morgan fingerprint density at radius 2 is 1.73 bits per heavy atom. The molecule has 0 aliphatic heterocycles. The number of methoxy groups -OCH3 is 1. The maximum atomic E-state index is 5.68. The van der Waals surface area contributed by atoms with Crippen molar-refractivity contribution in [3.8, 4) is 11.5 Å². The Balaban J connectivity index is 1.50. The SMILES string of the molecule is COc1ccc(OCCNc2nccc(Nc3ccccc3C)n2)cc1. The fourth-order valence-electron chi connectivity index (χ4n) is 2.37. The Bertz CT molecular complexity index is 837. The van der Waals surface area contributed by atoms with Crippen molar-refractivity contribution in [2.24, 2.45) is 0 Å². The van der Waals surface area contributed by atoms with Gasteiger partial charge in [-0.05, 0) is 48.9 Å². The number of hydrogen-bond donors (Lipinski definition) is 2. The van der Waals surface area contributed by atoms with Crippen LogP contribution >= 0.6 is 0 Å². The molecule has 0 fully saturated rings. The fourth-order valence-corrected chi connectivity index (χ4v) is 2.37. The topological polar surface area (TPSA) is 68.3 Å². The highest BCUT2D eigenvalue weighted by molar-refractivity contribution is 5.60. The van der Waals surface area contributed by atoms with Gasteiger partial charge in [0.2, 0.25) is 5.95 Å². The molecule has 0 aliphatic rings. The smallest absolute Gasteiger partial charge is 0.224 e. The Morgan fingerprint density at radius 1 is 0.962 bits per heavy atom. The van der Waals surface area contributed by atoms with Crippen molar-refractivity contribution >= 4 is 17.5 Å². The third-order valence-corrected chi connectivity index (χ3v) is 3.78. The first-order chi connectivity index (χ1) is 12.7. The van der Waals surface area contributed by atoms with Crippen LogP contribution in [0, 0.1) is 6.92 Å². The minimum Gasteiger partial charge on any atom is -0.497 e. The number of para-hydroxylation sites is 1. The number of benzene rings is 2. The van der Waals surface area contributed by atoms with Crippen molar-refractivity contribution in [1.82, 2.24) is 9.97 Å². The van der Waals surface area contributed by atoms with Crippen molar-refractivity contribution in [2.45, 2.75) is 6.92 Å². The van der Waals surface area contributed by atoms with Gasteiger partial charge in [0.15, 0.2) is 0 Å². The Kier molecular flexibility index (Phi) is 5.88. The van der Waals surface area contributed by atoms with E-state index in [1.165, 1.54) is 0 Å². The molecule has 3 rings (SSSR count). The normalized spacial score (nSPS) is 10.2. The monoisotopic (exact) mass is 350 g/mol. The van der Waals surface area contributed by atoms with Crippen molar-refractivity contribution in [3.05, 3.63) is 66.4 Å². The van der Waals surface area contributed by atoms with Crippen molar-refractivity contribution in [2.75, 3.05) is 30.9 Å². The van der Waals surface area contributed by atoms with Gasteiger partial charge in [0.1, 0.15) is 23.9 Å². The lowest BCUT2D eigenvalue weighted by atomic mass is 10.2. The molecular formula is C20H22N4O2. The average Bonchev–Trinajstić information content (AvgIpc) is 2.68. The van der Waals surface area contributed by atoms with Crippen LogP contribution in [-0.2, 0) is 0 Å². The van der Waals surface area contributed by atoms with Crippen molar-refractivity contribution in [3.63, 3.8) is 0 Å². The summed E-state index contributed by atoms with van der Waals surface area (Å²) in [4.78, 5) is 8.71. The molecular weight excluding hydrogens is 328 g/mol. The van der Waals surface area contributed by atoms with Crippen LogP contribution in [0.2, 0.25) is 0 Å². The van der Waals surface area contributed by atoms with E-state index >= 15 is 0 Å².